The van der Waals surface area contributed by atoms with Crippen LogP contribution in [0.15, 0.2) is 28.1 Å². The first kappa shape index (κ1) is 16.5. The fourth-order valence-electron chi connectivity index (χ4n) is 2.24. The molecule has 2 nitrogen and oxygen atoms in total. The molecule has 0 amide bonds. The average Bonchev–Trinajstić information content (AvgIpc) is 2.99. The normalized spacial score (nSPS) is 14.7. The van der Waals surface area contributed by atoms with Crippen molar-refractivity contribution in [3.05, 3.63) is 42.1 Å². The van der Waals surface area contributed by atoms with Gasteiger partial charge in [-0.15, -0.1) is 22.7 Å². The number of nitrogens with two attached hydrogens (primary N) is 1. The fourth-order valence-corrected chi connectivity index (χ4v) is 5.08. The quantitative estimate of drug-likeness (QED) is 0.736. The summed E-state index contributed by atoms with van der Waals surface area (Å²) in [6.07, 6.45) is 0.954. The van der Waals surface area contributed by atoms with Crippen LogP contribution in [0.5, 0.6) is 0 Å². The molecule has 0 aliphatic carbocycles. The molecule has 0 spiro atoms. The summed E-state index contributed by atoms with van der Waals surface area (Å²) < 4.78 is 1.96. The van der Waals surface area contributed by atoms with E-state index in [0.29, 0.717) is 0 Å². The molecule has 2 aromatic heterocycles. The molecular formula is C14H18BrClN2S2. The van der Waals surface area contributed by atoms with Crippen molar-refractivity contribution in [2.75, 3.05) is 7.05 Å². The van der Waals surface area contributed by atoms with Gasteiger partial charge in [0.1, 0.15) is 0 Å². The van der Waals surface area contributed by atoms with Gasteiger partial charge in [-0.3, -0.25) is 4.90 Å². The number of halogens is 2. The number of hydrogen-bond donors (Lipinski definition) is 1. The molecule has 0 radical (unpaired) electrons. The van der Waals surface area contributed by atoms with Gasteiger partial charge in [-0.1, -0.05) is 18.5 Å². The summed E-state index contributed by atoms with van der Waals surface area (Å²) >= 11 is 12.9. The lowest BCUT2D eigenvalue weighted by Gasteiger charge is -2.31. The van der Waals surface area contributed by atoms with Gasteiger partial charge in [0.05, 0.1) is 10.4 Å². The lowest BCUT2D eigenvalue weighted by atomic mass is 10.0. The van der Waals surface area contributed by atoms with Crippen LogP contribution in [0.3, 0.4) is 0 Å². The first-order valence-electron chi connectivity index (χ1n) is 6.45. The van der Waals surface area contributed by atoms with Gasteiger partial charge >= 0.3 is 0 Å². The summed E-state index contributed by atoms with van der Waals surface area (Å²) in [7, 11) is 2.13. The second-order valence-corrected chi connectivity index (χ2v) is 8.46. The van der Waals surface area contributed by atoms with Gasteiger partial charge in [0.25, 0.3) is 0 Å². The molecule has 0 aliphatic heterocycles. The van der Waals surface area contributed by atoms with Gasteiger partial charge < -0.3 is 5.73 Å². The lowest BCUT2D eigenvalue weighted by Crippen LogP contribution is -2.37. The smallest absolute Gasteiger partial charge is 0.0931 e. The van der Waals surface area contributed by atoms with E-state index in [0.717, 1.165) is 21.8 Å². The van der Waals surface area contributed by atoms with Crippen LogP contribution in [0, 0.1) is 0 Å². The van der Waals surface area contributed by atoms with Crippen molar-refractivity contribution in [2.45, 2.75) is 32.0 Å². The second-order valence-electron chi connectivity index (χ2n) is 4.81. The zero-order chi connectivity index (χ0) is 14.7. The van der Waals surface area contributed by atoms with Crippen molar-refractivity contribution in [1.82, 2.24) is 4.90 Å². The van der Waals surface area contributed by atoms with Crippen molar-refractivity contribution in [2.24, 2.45) is 5.73 Å². The molecule has 2 rings (SSSR count). The van der Waals surface area contributed by atoms with Crippen molar-refractivity contribution >= 4 is 50.2 Å². The second kappa shape index (κ2) is 7.38. The Bertz CT molecular complexity index is 555. The zero-order valence-corrected chi connectivity index (χ0v) is 15.5. The topological polar surface area (TPSA) is 29.3 Å². The van der Waals surface area contributed by atoms with Crippen molar-refractivity contribution in [3.63, 3.8) is 0 Å². The van der Waals surface area contributed by atoms with Crippen LogP contribution in [0.25, 0.3) is 0 Å². The highest BCUT2D eigenvalue weighted by molar-refractivity contribution is 9.10. The Labute approximate surface area is 141 Å². The summed E-state index contributed by atoms with van der Waals surface area (Å²) in [5.74, 6) is 0. The first-order valence-corrected chi connectivity index (χ1v) is 9.32. The number of hydrogen-bond acceptors (Lipinski definition) is 4. The van der Waals surface area contributed by atoms with Gasteiger partial charge in [0.2, 0.25) is 0 Å². The summed E-state index contributed by atoms with van der Waals surface area (Å²) in [4.78, 5) is 4.88. The molecule has 0 bridgehead atoms. The average molecular weight is 394 g/mol. The molecule has 110 valence electrons. The van der Waals surface area contributed by atoms with Gasteiger partial charge in [-0.2, -0.15) is 0 Å². The van der Waals surface area contributed by atoms with Crippen LogP contribution < -0.4 is 5.73 Å². The largest absolute Gasteiger partial charge is 0.326 e. The number of nitrogens with zero attached hydrogens (tertiary/aromatic N) is 1. The molecule has 20 heavy (non-hydrogen) atoms. The predicted octanol–water partition coefficient (Wildman–Crippen LogP) is 5.14. The minimum atomic E-state index is 0.126. The third kappa shape index (κ3) is 4.06. The maximum atomic E-state index is 6.35. The van der Waals surface area contributed by atoms with E-state index >= 15 is 0 Å². The van der Waals surface area contributed by atoms with E-state index in [4.69, 9.17) is 17.3 Å². The minimum absolute atomic E-state index is 0.126. The molecule has 2 heterocycles. The molecule has 0 saturated heterocycles. The molecular weight excluding hydrogens is 376 g/mol. The van der Waals surface area contributed by atoms with E-state index in [9.17, 15) is 0 Å². The van der Waals surface area contributed by atoms with Crippen molar-refractivity contribution in [3.8, 4) is 0 Å². The third-order valence-corrected chi connectivity index (χ3v) is 6.25. The standard InChI is InChI=1S/C14H18BrClN2S2/c1-3-11(17)14(12-6-9(15)8-19-12)18(2)7-10-4-5-13(16)20-10/h4-6,8,11,14H,3,7,17H2,1-2H3. The number of likely N-dealkylation sites (N-methyl/N-ethyl adjacent to an activating group) is 1. The van der Waals surface area contributed by atoms with Crippen molar-refractivity contribution in [1.29, 1.82) is 0 Å². The predicted molar refractivity (Wildman–Crippen MR) is 93.8 cm³/mol. The van der Waals surface area contributed by atoms with E-state index in [1.807, 2.05) is 6.07 Å². The number of rotatable bonds is 6. The van der Waals surface area contributed by atoms with Crippen LogP contribution in [0.4, 0.5) is 0 Å². The van der Waals surface area contributed by atoms with Crippen LogP contribution in [0.2, 0.25) is 4.34 Å². The van der Waals surface area contributed by atoms with Gasteiger partial charge in [-0.05, 0) is 47.6 Å². The van der Waals surface area contributed by atoms with Crippen LogP contribution in [0.1, 0.15) is 29.1 Å². The molecule has 2 unspecified atom stereocenters. The SMILES string of the molecule is CCC(N)C(c1cc(Br)cs1)N(C)Cc1ccc(Cl)s1. The Morgan fingerprint density at radius 3 is 2.70 bits per heavy atom. The van der Waals surface area contributed by atoms with E-state index in [1.165, 1.54) is 9.75 Å². The van der Waals surface area contributed by atoms with E-state index in [-0.39, 0.29) is 12.1 Å². The molecule has 2 N–H and O–H groups in total. The van der Waals surface area contributed by atoms with Crippen LogP contribution >= 0.6 is 50.2 Å². The van der Waals surface area contributed by atoms with Crippen molar-refractivity contribution < 1.29 is 0 Å². The summed E-state index contributed by atoms with van der Waals surface area (Å²) in [5, 5.41) is 2.11. The minimum Gasteiger partial charge on any atom is -0.326 e. The highest BCUT2D eigenvalue weighted by Crippen LogP contribution is 2.33. The molecule has 6 heteroatoms. The Balaban J connectivity index is 2.17. The molecule has 0 fully saturated rings. The first-order chi connectivity index (χ1) is 9.51. The van der Waals surface area contributed by atoms with Gasteiger partial charge in [0.15, 0.2) is 0 Å². The maximum Gasteiger partial charge on any atom is 0.0931 e. The Kier molecular flexibility index (Phi) is 6.08. The highest BCUT2D eigenvalue weighted by Gasteiger charge is 2.25. The van der Waals surface area contributed by atoms with E-state index in [1.54, 1.807) is 22.7 Å². The number of thiophene rings is 2. The Hall–Kier alpha value is 0.0900. The molecule has 0 aliphatic rings. The Morgan fingerprint density at radius 2 is 2.20 bits per heavy atom. The fraction of sp³-hybridized carbons (Fsp3) is 0.429. The molecule has 2 aromatic rings. The Morgan fingerprint density at radius 1 is 1.45 bits per heavy atom. The highest BCUT2D eigenvalue weighted by atomic mass is 79.9. The lowest BCUT2D eigenvalue weighted by molar-refractivity contribution is 0.206. The van der Waals surface area contributed by atoms with Gasteiger partial charge in [0, 0.05) is 32.2 Å². The monoisotopic (exact) mass is 392 g/mol. The maximum absolute atomic E-state index is 6.35. The van der Waals surface area contributed by atoms with E-state index in [2.05, 4.69) is 52.3 Å². The summed E-state index contributed by atoms with van der Waals surface area (Å²) in [5.41, 5.74) is 6.35. The third-order valence-electron chi connectivity index (χ3n) is 3.27. The molecule has 0 aromatic carbocycles. The summed E-state index contributed by atoms with van der Waals surface area (Å²) in [6, 6.07) is 6.56. The molecule has 0 saturated carbocycles. The summed E-state index contributed by atoms with van der Waals surface area (Å²) in [6.45, 7) is 3.00. The van der Waals surface area contributed by atoms with Crippen LogP contribution in [-0.2, 0) is 6.54 Å². The van der Waals surface area contributed by atoms with Gasteiger partial charge in [-0.25, -0.2) is 0 Å². The van der Waals surface area contributed by atoms with E-state index < -0.39 is 0 Å². The molecule has 2 atom stereocenters. The van der Waals surface area contributed by atoms with Crippen LogP contribution in [-0.4, -0.2) is 18.0 Å². The zero-order valence-electron chi connectivity index (χ0n) is 11.5.